The second-order valence-corrected chi connectivity index (χ2v) is 7.27. The van der Waals surface area contributed by atoms with Gasteiger partial charge in [-0.1, -0.05) is 6.92 Å². The van der Waals surface area contributed by atoms with Crippen molar-refractivity contribution < 1.29 is 14.6 Å². The largest absolute Gasteiger partial charge is 0.497 e. The van der Waals surface area contributed by atoms with Gasteiger partial charge in [-0.15, -0.1) is 0 Å². The predicted octanol–water partition coefficient (Wildman–Crippen LogP) is 2.97. The molecule has 0 bridgehead atoms. The van der Waals surface area contributed by atoms with Crippen molar-refractivity contribution in [3.8, 4) is 11.5 Å². The summed E-state index contributed by atoms with van der Waals surface area (Å²) in [4.78, 5) is 0. The number of aliphatic hydroxyl groups is 1. The normalized spacial score (nSPS) is 24.8. The molecule has 1 N–H and O–H groups in total. The fourth-order valence-corrected chi connectivity index (χ4v) is 5.02. The highest BCUT2D eigenvalue weighted by Gasteiger charge is 2.30. The summed E-state index contributed by atoms with van der Waals surface area (Å²) in [6, 6.07) is 5.60. The third-order valence-electron chi connectivity index (χ3n) is 3.26. The molecule has 1 aromatic carbocycles. The highest BCUT2D eigenvalue weighted by molar-refractivity contribution is 8.07. The summed E-state index contributed by atoms with van der Waals surface area (Å²) in [6.07, 6.45) is -0.489. The molecule has 3 nitrogen and oxygen atoms in total. The molecule has 3 unspecified atom stereocenters. The second kappa shape index (κ2) is 6.77. The van der Waals surface area contributed by atoms with E-state index in [9.17, 15) is 5.11 Å². The maximum absolute atomic E-state index is 10.6. The van der Waals surface area contributed by atoms with Gasteiger partial charge in [-0.2, -0.15) is 23.5 Å². The van der Waals surface area contributed by atoms with Gasteiger partial charge in [-0.3, -0.25) is 0 Å². The van der Waals surface area contributed by atoms with E-state index in [1.165, 1.54) is 0 Å². The molecule has 2 rings (SSSR count). The summed E-state index contributed by atoms with van der Waals surface area (Å²) in [7, 11) is 3.25. The molecule has 1 aliphatic heterocycles. The van der Waals surface area contributed by atoms with Crippen LogP contribution in [0.4, 0.5) is 0 Å². The Kier molecular flexibility index (Phi) is 5.30. The second-order valence-electron chi connectivity index (χ2n) is 4.50. The molecule has 0 aliphatic carbocycles. The number of hydrogen-bond acceptors (Lipinski definition) is 5. The Bertz CT molecular complexity index is 403. The smallest absolute Gasteiger partial charge is 0.122 e. The fraction of sp³-hybridized carbons (Fsp3) is 0.571. The molecule has 1 aromatic rings. The van der Waals surface area contributed by atoms with Crippen LogP contribution in [0.5, 0.6) is 11.5 Å². The van der Waals surface area contributed by atoms with Crippen LogP contribution in [0.15, 0.2) is 18.2 Å². The Morgan fingerprint density at radius 3 is 2.21 bits per heavy atom. The first-order valence-corrected chi connectivity index (χ1v) is 8.39. The van der Waals surface area contributed by atoms with Crippen LogP contribution in [0, 0.1) is 0 Å². The molecule has 0 spiro atoms. The molecule has 1 aliphatic rings. The molecule has 1 heterocycles. The van der Waals surface area contributed by atoms with Gasteiger partial charge < -0.3 is 14.6 Å². The Labute approximate surface area is 123 Å². The molecule has 5 heteroatoms. The van der Waals surface area contributed by atoms with Crippen LogP contribution in [-0.2, 0) is 0 Å². The Balaban J connectivity index is 2.24. The number of ether oxygens (including phenoxy) is 2. The average Bonchev–Trinajstić information content (AvgIpc) is 2.46. The lowest BCUT2D eigenvalue weighted by molar-refractivity contribution is 0.173. The minimum absolute atomic E-state index is 0.218. The number of methoxy groups -OCH3 is 2. The topological polar surface area (TPSA) is 38.7 Å². The Hall–Kier alpha value is -0.520. The first-order chi connectivity index (χ1) is 9.15. The van der Waals surface area contributed by atoms with E-state index in [1.54, 1.807) is 14.2 Å². The van der Waals surface area contributed by atoms with Crippen molar-refractivity contribution in [1.82, 2.24) is 0 Å². The highest BCUT2D eigenvalue weighted by Crippen LogP contribution is 2.40. The quantitative estimate of drug-likeness (QED) is 0.925. The van der Waals surface area contributed by atoms with Gasteiger partial charge in [0, 0.05) is 28.1 Å². The van der Waals surface area contributed by atoms with Gasteiger partial charge in [-0.05, 0) is 17.7 Å². The molecule has 0 aromatic heterocycles. The molecule has 0 radical (unpaired) electrons. The Morgan fingerprint density at radius 2 is 1.68 bits per heavy atom. The van der Waals surface area contributed by atoms with Crippen LogP contribution in [0.25, 0.3) is 0 Å². The van der Waals surface area contributed by atoms with Gasteiger partial charge in [0.25, 0.3) is 0 Å². The molecule has 3 atom stereocenters. The minimum atomic E-state index is -0.489. The lowest BCUT2D eigenvalue weighted by Gasteiger charge is -2.32. The number of thioether (sulfide) groups is 2. The van der Waals surface area contributed by atoms with Gasteiger partial charge in [0.2, 0.25) is 0 Å². The number of hydrogen-bond donors (Lipinski definition) is 1. The lowest BCUT2D eigenvalue weighted by atomic mass is 10.0. The van der Waals surface area contributed by atoms with Crippen LogP contribution < -0.4 is 9.47 Å². The summed E-state index contributed by atoms with van der Waals surface area (Å²) >= 11 is 3.77. The van der Waals surface area contributed by atoms with Crippen molar-refractivity contribution >= 4 is 23.5 Å². The van der Waals surface area contributed by atoms with Crippen molar-refractivity contribution in [2.24, 2.45) is 0 Å². The highest BCUT2D eigenvalue weighted by atomic mass is 32.2. The molecule has 0 amide bonds. The lowest BCUT2D eigenvalue weighted by Crippen LogP contribution is -2.29. The van der Waals surface area contributed by atoms with Crippen LogP contribution >= 0.6 is 23.5 Å². The number of aliphatic hydroxyl groups excluding tert-OH is 1. The monoisotopic (exact) mass is 300 g/mol. The third-order valence-corrected chi connectivity index (χ3v) is 6.44. The average molecular weight is 300 g/mol. The van der Waals surface area contributed by atoms with Gasteiger partial charge in [0.15, 0.2) is 0 Å². The zero-order valence-corrected chi connectivity index (χ0v) is 13.1. The van der Waals surface area contributed by atoms with Crippen molar-refractivity contribution in [3.63, 3.8) is 0 Å². The van der Waals surface area contributed by atoms with E-state index in [1.807, 2.05) is 41.7 Å². The van der Waals surface area contributed by atoms with Gasteiger partial charge in [0.05, 0.1) is 20.3 Å². The van der Waals surface area contributed by atoms with E-state index in [0.29, 0.717) is 5.25 Å². The van der Waals surface area contributed by atoms with Crippen molar-refractivity contribution in [2.75, 3.05) is 25.7 Å². The van der Waals surface area contributed by atoms with E-state index in [2.05, 4.69) is 6.92 Å². The van der Waals surface area contributed by atoms with E-state index in [4.69, 9.17) is 9.47 Å². The van der Waals surface area contributed by atoms with Crippen LogP contribution in [-0.4, -0.2) is 41.3 Å². The fourth-order valence-electron chi connectivity index (χ4n) is 2.19. The predicted molar refractivity (Wildman–Crippen MR) is 82.7 cm³/mol. The molecular formula is C14H20O3S2. The standard InChI is InChI=1S/C14H20O3S2/c1-9-14(19-5-4-18-9)13(15)10-6-11(16-2)8-12(7-10)17-3/h6-9,13-15H,4-5H2,1-3H3. The van der Waals surface area contributed by atoms with E-state index < -0.39 is 6.10 Å². The maximum atomic E-state index is 10.6. The summed E-state index contributed by atoms with van der Waals surface area (Å²) in [6.45, 7) is 2.18. The van der Waals surface area contributed by atoms with Gasteiger partial charge in [-0.25, -0.2) is 0 Å². The minimum Gasteiger partial charge on any atom is -0.497 e. The van der Waals surface area contributed by atoms with E-state index in [0.717, 1.165) is 28.6 Å². The SMILES string of the molecule is COc1cc(OC)cc(C(O)C2SCCSC2C)c1. The van der Waals surface area contributed by atoms with Crippen LogP contribution in [0.2, 0.25) is 0 Å². The molecular weight excluding hydrogens is 280 g/mol. The molecule has 106 valence electrons. The zero-order chi connectivity index (χ0) is 13.8. The van der Waals surface area contributed by atoms with Crippen molar-refractivity contribution in [2.45, 2.75) is 23.5 Å². The number of rotatable bonds is 4. The zero-order valence-electron chi connectivity index (χ0n) is 11.5. The first-order valence-electron chi connectivity index (χ1n) is 6.30. The van der Waals surface area contributed by atoms with E-state index in [-0.39, 0.29) is 5.25 Å². The number of benzene rings is 1. The molecule has 1 fully saturated rings. The summed E-state index contributed by atoms with van der Waals surface area (Å²) < 4.78 is 10.5. The first kappa shape index (κ1) is 14.9. The van der Waals surface area contributed by atoms with E-state index >= 15 is 0 Å². The molecule has 19 heavy (non-hydrogen) atoms. The molecule has 1 saturated heterocycles. The van der Waals surface area contributed by atoms with Crippen LogP contribution in [0.3, 0.4) is 0 Å². The van der Waals surface area contributed by atoms with Crippen molar-refractivity contribution in [3.05, 3.63) is 23.8 Å². The van der Waals surface area contributed by atoms with Gasteiger partial charge in [0.1, 0.15) is 11.5 Å². The summed E-state index contributed by atoms with van der Waals surface area (Å²) in [5.74, 6) is 3.69. The van der Waals surface area contributed by atoms with Gasteiger partial charge >= 0.3 is 0 Å². The third kappa shape index (κ3) is 3.52. The summed E-state index contributed by atoms with van der Waals surface area (Å²) in [5, 5.41) is 11.3. The van der Waals surface area contributed by atoms with Crippen LogP contribution in [0.1, 0.15) is 18.6 Å². The van der Waals surface area contributed by atoms with Crippen molar-refractivity contribution in [1.29, 1.82) is 0 Å². The summed E-state index contributed by atoms with van der Waals surface area (Å²) in [5.41, 5.74) is 0.864. The maximum Gasteiger partial charge on any atom is 0.122 e. The molecule has 0 saturated carbocycles. The Morgan fingerprint density at radius 1 is 1.11 bits per heavy atom.